The first-order valence-corrected chi connectivity index (χ1v) is 17.1. The van der Waals surface area contributed by atoms with Gasteiger partial charge in [-0.25, -0.2) is 9.13 Å². The van der Waals surface area contributed by atoms with E-state index in [1.165, 1.54) is 0 Å². The van der Waals surface area contributed by atoms with E-state index in [-0.39, 0.29) is 0 Å². The van der Waals surface area contributed by atoms with Crippen LogP contribution in [-0.4, -0.2) is 24.5 Å². The first-order valence-electron chi connectivity index (χ1n) is 13.0. The summed E-state index contributed by atoms with van der Waals surface area (Å²) in [5.74, 6) is 1.30. The third-order valence-electron chi connectivity index (χ3n) is 6.14. The number of nitrogens with two attached hydrogens (primary N) is 2. The molecule has 0 spiro atoms. The van der Waals surface area contributed by atoms with Gasteiger partial charge < -0.3 is 11.5 Å². The molecular formula is C31H34N4O3S3+2. The maximum Gasteiger partial charge on any atom is 0.275 e. The van der Waals surface area contributed by atoms with Crippen molar-refractivity contribution in [1.82, 2.24) is 0 Å². The Morgan fingerprint density at radius 1 is 0.659 bits per heavy atom. The summed E-state index contributed by atoms with van der Waals surface area (Å²) >= 11 is 0. The van der Waals surface area contributed by atoms with Crippen LogP contribution in [0.5, 0.6) is 0 Å². The molecule has 0 bridgehead atoms. The number of aryl methyl sites for hydroxylation is 2. The van der Waals surface area contributed by atoms with Gasteiger partial charge in [0.05, 0.1) is 11.5 Å². The molecule has 41 heavy (non-hydrogen) atoms. The van der Waals surface area contributed by atoms with E-state index in [2.05, 4.69) is 41.2 Å². The number of nitrogens with zero attached hydrogens (tertiary/aromatic N) is 2. The number of pyridine rings is 2. The number of anilines is 2. The standard InChI is InChI=1S/C31H32N4O3S3/c32-29-9-5-25(6-10-29)1-2-27-13-16-34(17-14-27)19-21-39-40-22-20-35-18-15-28(23-31(35)24-41(36,37)38)4-3-26-7-11-30(33)12-8-26/h1-18,23,32-33H,19-22,24H2,(H,36,37,38)/p+2. The number of rotatable bonds is 13. The number of hydrogen-bond acceptors (Lipinski definition) is 6. The van der Waals surface area contributed by atoms with Crippen molar-refractivity contribution in [2.45, 2.75) is 18.8 Å². The zero-order chi connectivity index (χ0) is 29.1. The largest absolute Gasteiger partial charge is 0.399 e. The van der Waals surface area contributed by atoms with E-state index in [0.29, 0.717) is 17.9 Å². The third-order valence-corrected chi connectivity index (χ3v) is 9.16. The van der Waals surface area contributed by atoms with Gasteiger partial charge in [-0.15, -0.1) is 0 Å². The van der Waals surface area contributed by atoms with E-state index >= 15 is 0 Å². The van der Waals surface area contributed by atoms with E-state index in [4.69, 9.17) is 11.5 Å². The molecule has 5 N–H and O–H groups in total. The van der Waals surface area contributed by atoms with Crippen molar-refractivity contribution < 1.29 is 22.1 Å². The molecule has 0 fully saturated rings. The second kappa shape index (κ2) is 14.9. The molecule has 2 aromatic heterocycles. The summed E-state index contributed by atoms with van der Waals surface area (Å²) in [6.07, 6.45) is 14.0. The van der Waals surface area contributed by atoms with Gasteiger partial charge in [0.2, 0.25) is 0 Å². The van der Waals surface area contributed by atoms with Gasteiger partial charge in [0, 0.05) is 35.6 Å². The van der Waals surface area contributed by atoms with E-state index in [1.807, 2.05) is 77.5 Å². The van der Waals surface area contributed by atoms with Crippen LogP contribution < -0.4 is 20.6 Å². The molecule has 7 nitrogen and oxygen atoms in total. The molecule has 10 heteroatoms. The lowest BCUT2D eigenvalue weighted by atomic mass is 10.1. The number of hydrogen-bond donors (Lipinski definition) is 3. The van der Waals surface area contributed by atoms with Gasteiger partial charge in [-0.2, -0.15) is 8.42 Å². The number of nitrogen functional groups attached to an aromatic ring is 2. The Balaban J connectivity index is 1.24. The predicted octanol–water partition coefficient (Wildman–Crippen LogP) is 5.24. The molecule has 0 unspecified atom stereocenters. The predicted molar refractivity (Wildman–Crippen MR) is 173 cm³/mol. The van der Waals surface area contributed by atoms with Gasteiger partial charge in [-0.3, -0.25) is 4.55 Å². The minimum absolute atomic E-state index is 0.434. The van der Waals surface area contributed by atoms with Gasteiger partial charge in [-0.05, 0) is 46.5 Å². The maximum absolute atomic E-state index is 11.7. The van der Waals surface area contributed by atoms with Crippen LogP contribution in [0.15, 0.2) is 91.4 Å². The van der Waals surface area contributed by atoms with Gasteiger partial charge in [0.15, 0.2) is 43.1 Å². The van der Waals surface area contributed by atoms with Crippen molar-refractivity contribution >= 4 is 67.4 Å². The van der Waals surface area contributed by atoms with Crippen molar-refractivity contribution in [3.63, 3.8) is 0 Å². The van der Waals surface area contributed by atoms with Crippen molar-refractivity contribution in [2.24, 2.45) is 0 Å². The van der Waals surface area contributed by atoms with Crippen LogP contribution >= 0.6 is 21.6 Å². The molecule has 4 rings (SSSR count). The molecule has 0 aliphatic heterocycles. The lowest BCUT2D eigenvalue weighted by molar-refractivity contribution is -0.698. The fourth-order valence-corrected chi connectivity index (χ4v) is 6.52. The van der Waals surface area contributed by atoms with Gasteiger partial charge in [-0.1, -0.05) is 70.2 Å². The zero-order valence-electron chi connectivity index (χ0n) is 22.5. The monoisotopic (exact) mass is 606 g/mol. The summed E-state index contributed by atoms with van der Waals surface area (Å²) in [4.78, 5) is 0. The van der Waals surface area contributed by atoms with Crippen LogP contribution in [0, 0.1) is 0 Å². The maximum atomic E-state index is 11.7. The minimum atomic E-state index is -4.16. The summed E-state index contributed by atoms with van der Waals surface area (Å²) in [6, 6.07) is 23.2. The van der Waals surface area contributed by atoms with Crippen LogP contribution in [0.4, 0.5) is 11.4 Å². The average molecular weight is 607 g/mol. The lowest BCUT2D eigenvalue weighted by Crippen LogP contribution is -2.40. The quantitative estimate of drug-likeness (QED) is 0.0627. The van der Waals surface area contributed by atoms with Crippen molar-refractivity contribution in [3.8, 4) is 0 Å². The lowest BCUT2D eigenvalue weighted by Gasteiger charge is -2.05. The molecule has 2 aromatic carbocycles. The van der Waals surface area contributed by atoms with Crippen LogP contribution in [0.2, 0.25) is 0 Å². The van der Waals surface area contributed by atoms with Gasteiger partial charge >= 0.3 is 0 Å². The summed E-state index contributed by atoms with van der Waals surface area (Å²) in [6.45, 7) is 1.52. The molecule has 0 atom stereocenters. The highest BCUT2D eigenvalue weighted by Crippen LogP contribution is 2.20. The second-order valence-corrected chi connectivity index (χ2v) is 13.5. The molecule has 2 heterocycles. The Morgan fingerprint density at radius 3 is 1.66 bits per heavy atom. The van der Waals surface area contributed by atoms with Crippen LogP contribution in [-0.2, 0) is 29.0 Å². The van der Waals surface area contributed by atoms with Gasteiger partial charge in [0.25, 0.3) is 10.1 Å². The average Bonchev–Trinajstić information content (AvgIpc) is 2.95. The molecule has 0 saturated heterocycles. The fraction of sp³-hybridized carbons (Fsp3) is 0.161. The smallest absolute Gasteiger partial charge is 0.275 e. The summed E-state index contributed by atoms with van der Waals surface area (Å²) in [5, 5.41) is 0. The Kier molecular flexibility index (Phi) is 11.0. The topological polar surface area (TPSA) is 114 Å². The van der Waals surface area contributed by atoms with Crippen molar-refractivity contribution in [3.05, 3.63) is 119 Å². The van der Waals surface area contributed by atoms with E-state index in [0.717, 1.165) is 46.0 Å². The Bertz CT molecular complexity index is 1590. The highest BCUT2D eigenvalue weighted by molar-refractivity contribution is 8.76. The second-order valence-electron chi connectivity index (χ2n) is 9.38. The molecule has 212 valence electrons. The Hall–Kier alpha value is -3.57. The summed E-state index contributed by atoms with van der Waals surface area (Å²) in [5.41, 5.74) is 17.5. The normalized spacial score (nSPS) is 11.9. The van der Waals surface area contributed by atoms with E-state index in [9.17, 15) is 13.0 Å². The fourth-order valence-electron chi connectivity index (χ4n) is 3.95. The van der Waals surface area contributed by atoms with Crippen LogP contribution in [0.25, 0.3) is 24.3 Å². The van der Waals surface area contributed by atoms with E-state index < -0.39 is 15.9 Å². The molecule has 0 radical (unpaired) electrons. The summed E-state index contributed by atoms with van der Waals surface area (Å²) in [7, 11) is -0.641. The summed E-state index contributed by atoms with van der Waals surface area (Å²) < 4.78 is 36.8. The first kappa shape index (κ1) is 30.4. The number of benzene rings is 2. The van der Waals surface area contributed by atoms with Crippen LogP contribution in [0.1, 0.15) is 27.9 Å². The molecule has 0 aliphatic rings. The molecule has 0 saturated carbocycles. The van der Waals surface area contributed by atoms with Crippen molar-refractivity contribution in [2.75, 3.05) is 23.0 Å². The minimum Gasteiger partial charge on any atom is -0.399 e. The third kappa shape index (κ3) is 10.7. The molecule has 0 aliphatic carbocycles. The van der Waals surface area contributed by atoms with E-state index in [1.54, 1.807) is 27.7 Å². The Morgan fingerprint density at radius 2 is 1.12 bits per heavy atom. The number of aromatic nitrogens is 2. The van der Waals surface area contributed by atoms with Crippen molar-refractivity contribution in [1.29, 1.82) is 0 Å². The SMILES string of the molecule is Nc1ccc(/C=C/c2cc[n+](CCSSCC[n+]3ccc(/C=C/c4ccc(N)cc4)cc3CS(=O)(=O)O)cc2)cc1. The first-order chi connectivity index (χ1) is 19.7. The molecule has 0 amide bonds. The Labute approximate surface area is 249 Å². The molecule has 4 aromatic rings. The van der Waals surface area contributed by atoms with Crippen LogP contribution in [0.3, 0.4) is 0 Å². The highest BCUT2D eigenvalue weighted by atomic mass is 33.1. The zero-order valence-corrected chi connectivity index (χ0v) is 25.0. The highest BCUT2D eigenvalue weighted by Gasteiger charge is 2.18. The van der Waals surface area contributed by atoms with Gasteiger partial charge in [0.1, 0.15) is 0 Å². The molecular weight excluding hydrogens is 573 g/mol.